The molecule has 0 saturated carbocycles. The van der Waals surface area contributed by atoms with Gasteiger partial charge in [0.05, 0.1) is 52.0 Å². The fourth-order valence-corrected chi connectivity index (χ4v) is 6.68. The lowest BCUT2D eigenvalue weighted by atomic mass is 9.67. The molecular formula is C28H22Cl2N2O4. The van der Waals surface area contributed by atoms with Gasteiger partial charge in [0.25, 0.3) is 0 Å². The molecule has 8 heteroatoms. The average Bonchev–Trinajstić information content (AvgIpc) is 3.45. The van der Waals surface area contributed by atoms with Crippen molar-refractivity contribution >= 4 is 51.5 Å². The standard InChI is InChI=1S/C28H22Cl2N2O4/c1-27-10-11-28(36-27,12-13-35-22-14-17(29)7-8-20(22)30)24-23(27)25(33)32(26(24)34)21-9-6-16(15-31)18-4-2-3-5-19(18)21/h2-9,14,23-24H,10-13H2,1H3/t23-,24+,27-,28-/m1/s1. The van der Waals surface area contributed by atoms with Crippen LogP contribution in [0.1, 0.15) is 31.7 Å². The summed E-state index contributed by atoms with van der Waals surface area (Å²) < 4.78 is 12.4. The van der Waals surface area contributed by atoms with Crippen LogP contribution in [0.15, 0.2) is 54.6 Å². The summed E-state index contributed by atoms with van der Waals surface area (Å²) in [6, 6.07) is 17.9. The Hall–Kier alpha value is -3.11. The lowest BCUT2D eigenvalue weighted by Crippen LogP contribution is -2.43. The summed E-state index contributed by atoms with van der Waals surface area (Å²) in [5.74, 6) is -1.21. The second-order valence-corrected chi connectivity index (χ2v) is 10.8. The molecule has 6 nitrogen and oxygen atoms in total. The molecule has 36 heavy (non-hydrogen) atoms. The van der Waals surface area contributed by atoms with E-state index in [1.54, 1.807) is 30.3 Å². The highest BCUT2D eigenvalue weighted by atomic mass is 35.5. The molecule has 3 heterocycles. The van der Waals surface area contributed by atoms with Crippen LogP contribution in [0.25, 0.3) is 10.8 Å². The number of fused-ring (bicyclic) bond motifs is 6. The molecule has 3 fully saturated rings. The van der Waals surface area contributed by atoms with E-state index in [4.69, 9.17) is 32.7 Å². The first-order valence-electron chi connectivity index (χ1n) is 11.9. The van der Waals surface area contributed by atoms with Crippen molar-refractivity contribution in [1.29, 1.82) is 5.26 Å². The summed E-state index contributed by atoms with van der Waals surface area (Å²) in [5.41, 5.74) is -0.511. The number of nitrogens with zero attached hydrogens (tertiary/aromatic N) is 2. The molecule has 0 radical (unpaired) electrons. The number of anilines is 1. The van der Waals surface area contributed by atoms with Crippen molar-refractivity contribution in [3.05, 3.63) is 70.2 Å². The highest BCUT2D eigenvalue weighted by Crippen LogP contribution is 2.62. The van der Waals surface area contributed by atoms with Gasteiger partial charge < -0.3 is 9.47 Å². The molecule has 0 aromatic heterocycles. The second-order valence-electron chi connectivity index (χ2n) is 9.91. The highest BCUT2D eigenvalue weighted by Gasteiger charge is 2.73. The minimum absolute atomic E-state index is 0.247. The van der Waals surface area contributed by atoms with E-state index >= 15 is 0 Å². The fraction of sp³-hybridized carbons (Fsp3) is 0.321. The zero-order valence-electron chi connectivity index (χ0n) is 19.5. The number of carbonyl (C=O) groups is 2. The molecule has 182 valence electrons. The molecule has 0 unspecified atom stereocenters. The summed E-state index contributed by atoms with van der Waals surface area (Å²) in [4.78, 5) is 29.1. The van der Waals surface area contributed by atoms with E-state index in [0.29, 0.717) is 57.1 Å². The molecule has 3 saturated heterocycles. The molecule has 3 aromatic rings. The van der Waals surface area contributed by atoms with Gasteiger partial charge >= 0.3 is 0 Å². The highest BCUT2D eigenvalue weighted by molar-refractivity contribution is 6.34. The molecular weight excluding hydrogens is 499 g/mol. The third-order valence-corrected chi connectivity index (χ3v) is 8.50. The van der Waals surface area contributed by atoms with Crippen LogP contribution in [0.3, 0.4) is 0 Å². The fourth-order valence-electron chi connectivity index (χ4n) is 6.34. The molecule has 3 aliphatic heterocycles. The zero-order chi connectivity index (χ0) is 25.2. The quantitative estimate of drug-likeness (QED) is 0.390. The van der Waals surface area contributed by atoms with Crippen molar-refractivity contribution in [2.45, 2.75) is 37.4 Å². The number of rotatable bonds is 5. The molecule has 3 aliphatic rings. The monoisotopic (exact) mass is 520 g/mol. The number of ether oxygens (including phenoxy) is 2. The number of carbonyl (C=O) groups excluding carboxylic acids is 2. The Morgan fingerprint density at radius 1 is 1.06 bits per heavy atom. The maximum absolute atomic E-state index is 13.9. The Labute approximate surface area is 218 Å². The first-order chi connectivity index (χ1) is 17.3. The summed E-state index contributed by atoms with van der Waals surface area (Å²) in [7, 11) is 0. The van der Waals surface area contributed by atoms with Crippen LogP contribution in [0.2, 0.25) is 10.0 Å². The van der Waals surface area contributed by atoms with Gasteiger partial charge in [-0.25, -0.2) is 4.90 Å². The Bertz CT molecular complexity index is 1480. The molecule has 4 atom stereocenters. The predicted molar refractivity (Wildman–Crippen MR) is 136 cm³/mol. The van der Waals surface area contributed by atoms with E-state index < -0.39 is 23.0 Å². The molecule has 2 amide bonds. The normalized spacial score (nSPS) is 28.6. The third-order valence-electron chi connectivity index (χ3n) is 7.95. The number of hydrogen-bond acceptors (Lipinski definition) is 5. The molecule has 6 rings (SSSR count). The largest absolute Gasteiger partial charge is 0.492 e. The zero-order valence-corrected chi connectivity index (χ0v) is 21.0. The van der Waals surface area contributed by atoms with Gasteiger partial charge in [-0.3, -0.25) is 9.59 Å². The van der Waals surface area contributed by atoms with E-state index in [-0.39, 0.29) is 18.4 Å². The van der Waals surface area contributed by atoms with Gasteiger partial charge in [0.1, 0.15) is 5.75 Å². The van der Waals surface area contributed by atoms with Crippen molar-refractivity contribution < 1.29 is 19.1 Å². The van der Waals surface area contributed by atoms with Crippen LogP contribution in [0.4, 0.5) is 5.69 Å². The van der Waals surface area contributed by atoms with E-state index in [2.05, 4.69) is 6.07 Å². The third kappa shape index (κ3) is 3.27. The van der Waals surface area contributed by atoms with Crippen molar-refractivity contribution in [1.82, 2.24) is 0 Å². The van der Waals surface area contributed by atoms with Gasteiger partial charge in [-0.05, 0) is 44.0 Å². The minimum atomic E-state index is -0.797. The lowest BCUT2D eigenvalue weighted by Gasteiger charge is -2.31. The van der Waals surface area contributed by atoms with Crippen molar-refractivity contribution in [2.24, 2.45) is 11.8 Å². The van der Waals surface area contributed by atoms with E-state index in [1.165, 1.54) is 4.90 Å². The van der Waals surface area contributed by atoms with Crippen LogP contribution in [-0.2, 0) is 14.3 Å². The van der Waals surface area contributed by atoms with Crippen molar-refractivity contribution in [2.75, 3.05) is 11.5 Å². The van der Waals surface area contributed by atoms with Crippen LogP contribution < -0.4 is 9.64 Å². The van der Waals surface area contributed by atoms with E-state index in [0.717, 1.165) is 0 Å². The average molecular weight is 521 g/mol. The number of benzene rings is 3. The first kappa shape index (κ1) is 23.3. The summed E-state index contributed by atoms with van der Waals surface area (Å²) in [5, 5.41) is 11.9. The van der Waals surface area contributed by atoms with Crippen LogP contribution >= 0.6 is 23.2 Å². The smallest absolute Gasteiger partial charge is 0.240 e. The van der Waals surface area contributed by atoms with Gasteiger partial charge in [0.2, 0.25) is 11.8 Å². The summed E-state index contributed by atoms with van der Waals surface area (Å²) in [6.45, 7) is 2.19. The number of hydrogen-bond donors (Lipinski definition) is 0. The number of nitriles is 1. The molecule has 0 spiro atoms. The van der Waals surface area contributed by atoms with Crippen molar-refractivity contribution in [3.8, 4) is 11.8 Å². The summed E-state index contributed by atoms with van der Waals surface area (Å²) in [6.07, 6.45) is 1.79. The number of imide groups is 1. The predicted octanol–water partition coefficient (Wildman–Crippen LogP) is 5.91. The van der Waals surface area contributed by atoms with Gasteiger partial charge in [-0.1, -0.05) is 47.5 Å². The number of halogens is 2. The van der Waals surface area contributed by atoms with Crippen molar-refractivity contribution in [3.63, 3.8) is 0 Å². The maximum Gasteiger partial charge on any atom is 0.240 e. The Morgan fingerprint density at radius 3 is 2.58 bits per heavy atom. The SMILES string of the molecule is C[C@]12CC[C@](CCOc3cc(Cl)ccc3Cl)(O1)[C@@H]1C(=O)N(c3ccc(C#N)c4ccccc34)C(=O)[C@@H]12. The first-order valence-corrected chi connectivity index (χ1v) is 12.6. The van der Waals surface area contributed by atoms with Gasteiger partial charge in [0, 0.05) is 28.3 Å². The van der Waals surface area contributed by atoms with E-state index in [1.807, 2.05) is 31.2 Å². The Morgan fingerprint density at radius 2 is 1.81 bits per heavy atom. The second kappa shape index (κ2) is 8.21. The Balaban J connectivity index is 1.33. The van der Waals surface area contributed by atoms with Gasteiger partial charge in [0.15, 0.2) is 0 Å². The van der Waals surface area contributed by atoms with Gasteiger partial charge in [-0.2, -0.15) is 5.26 Å². The molecule has 2 bridgehead atoms. The topological polar surface area (TPSA) is 79.6 Å². The number of amides is 2. The molecule has 0 aliphatic carbocycles. The van der Waals surface area contributed by atoms with Crippen LogP contribution in [0.5, 0.6) is 5.75 Å². The Kier molecular flexibility index (Phi) is 5.31. The van der Waals surface area contributed by atoms with E-state index in [9.17, 15) is 14.9 Å². The van der Waals surface area contributed by atoms with Crippen LogP contribution in [-0.4, -0.2) is 29.6 Å². The lowest BCUT2D eigenvalue weighted by molar-refractivity contribution is -0.131. The maximum atomic E-state index is 13.9. The van der Waals surface area contributed by atoms with Gasteiger partial charge in [-0.15, -0.1) is 0 Å². The molecule has 0 N–H and O–H groups in total. The minimum Gasteiger partial charge on any atom is -0.492 e. The molecule has 3 aromatic carbocycles. The van der Waals surface area contributed by atoms with Crippen LogP contribution in [0, 0.1) is 23.2 Å². The summed E-state index contributed by atoms with van der Waals surface area (Å²) >= 11 is 12.3.